The summed E-state index contributed by atoms with van der Waals surface area (Å²) in [6.45, 7) is 4.43. The first-order valence-corrected chi connectivity index (χ1v) is 8.23. The predicted molar refractivity (Wildman–Crippen MR) is 93.5 cm³/mol. The second-order valence-corrected chi connectivity index (χ2v) is 6.29. The number of rotatable bonds is 5. The summed E-state index contributed by atoms with van der Waals surface area (Å²) in [6, 6.07) is 8.71. The van der Waals surface area contributed by atoms with E-state index in [1.165, 1.54) is 6.92 Å². The van der Waals surface area contributed by atoms with E-state index >= 15 is 0 Å². The van der Waals surface area contributed by atoms with Crippen molar-refractivity contribution in [3.63, 3.8) is 0 Å². The van der Waals surface area contributed by atoms with Crippen LogP contribution in [0.4, 0.5) is 0 Å². The Morgan fingerprint density at radius 3 is 2.23 bits per heavy atom. The molecule has 2 atom stereocenters. The highest BCUT2D eigenvalue weighted by atomic mass is 16.5. The van der Waals surface area contributed by atoms with Gasteiger partial charge in [0.2, 0.25) is 0 Å². The van der Waals surface area contributed by atoms with E-state index < -0.39 is 35.8 Å². The van der Waals surface area contributed by atoms with Gasteiger partial charge in [-0.2, -0.15) is 0 Å². The van der Waals surface area contributed by atoms with Crippen LogP contribution in [0, 0.1) is 11.3 Å². The largest absolute Gasteiger partial charge is 0.508 e. The highest BCUT2D eigenvalue weighted by molar-refractivity contribution is 5.88. The third-order valence-electron chi connectivity index (χ3n) is 4.32. The average Bonchev–Trinajstić information content (AvgIpc) is 2.60. The van der Waals surface area contributed by atoms with Crippen molar-refractivity contribution in [3.05, 3.63) is 42.5 Å². The summed E-state index contributed by atoms with van der Waals surface area (Å²) >= 11 is 0. The molecule has 2 unspecified atom stereocenters. The minimum Gasteiger partial charge on any atom is -0.508 e. The van der Waals surface area contributed by atoms with Crippen molar-refractivity contribution in [2.24, 2.45) is 11.3 Å². The molecule has 1 aromatic rings. The van der Waals surface area contributed by atoms with Gasteiger partial charge < -0.3 is 20.1 Å². The summed E-state index contributed by atoms with van der Waals surface area (Å²) in [5.41, 5.74) is -1.38. The van der Waals surface area contributed by atoms with Crippen molar-refractivity contribution in [2.75, 3.05) is 6.61 Å². The number of para-hydroxylation sites is 1. The fourth-order valence-electron chi connectivity index (χ4n) is 2.84. The lowest BCUT2D eigenvalue weighted by molar-refractivity contribution is -0.174. The van der Waals surface area contributed by atoms with Gasteiger partial charge in [0.05, 0.1) is 5.92 Å². The van der Waals surface area contributed by atoms with Crippen LogP contribution >= 0.6 is 0 Å². The third kappa shape index (κ3) is 5.61. The van der Waals surface area contributed by atoms with Crippen LogP contribution in [0.5, 0.6) is 5.75 Å². The normalized spacial score (nSPS) is 21.7. The van der Waals surface area contributed by atoms with Crippen LogP contribution in [0.15, 0.2) is 42.5 Å². The van der Waals surface area contributed by atoms with Crippen LogP contribution in [-0.4, -0.2) is 39.8 Å². The molecular formula is C19H24O7. The van der Waals surface area contributed by atoms with Crippen molar-refractivity contribution in [2.45, 2.75) is 32.6 Å². The smallest absolute Gasteiger partial charge is 0.333 e. The van der Waals surface area contributed by atoms with E-state index in [4.69, 9.17) is 9.84 Å². The molecule has 0 radical (unpaired) electrons. The number of carbonyl (C=O) groups excluding carboxylic acids is 1. The highest BCUT2D eigenvalue weighted by Crippen LogP contribution is 2.42. The third-order valence-corrected chi connectivity index (χ3v) is 4.32. The van der Waals surface area contributed by atoms with Gasteiger partial charge in [0, 0.05) is 5.57 Å². The molecule has 0 amide bonds. The first-order chi connectivity index (χ1) is 12.2. The number of hydrogen-bond acceptors (Lipinski definition) is 5. The van der Waals surface area contributed by atoms with E-state index in [0.29, 0.717) is 18.6 Å². The molecule has 1 fully saturated rings. The van der Waals surface area contributed by atoms with Gasteiger partial charge in [-0.15, -0.1) is 0 Å². The SMILES string of the molecule is C=C(C)C(=O)OCC1(C(=O)O)CCCCC1C(=O)O.Oc1ccccc1. The summed E-state index contributed by atoms with van der Waals surface area (Å²) < 4.78 is 4.91. The lowest BCUT2D eigenvalue weighted by atomic mass is 9.66. The summed E-state index contributed by atoms with van der Waals surface area (Å²) in [5.74, 6) is -3.79. The number of ether oxygens (including phenoxy) is 1. The van der Waals surface area contributed by atoms with Crippen LogP contribution in [0.2, 0.25) is 0 Å². The van der Waals surface area contributed by atoms with Crippen molar-refractivity contribution in [1.82, 2.24) is 0 Å². The number of carbonyl (C=O) groups is 3. The van der Waals surface area contributed by atoms with Gasteiger partial charge in [-0.05, 0) is 31.9 Å². The zero-order chi connectivity index (χ0) is 19.7. The van der Waals surface area contributed by atoms with Crippen molar-refractivity contribution in [3.8, 4) is 5.75 Å². The molecule has 7 nitrogen and oxygen atoms in total. The number of hydrogen-bond donors (Lipinski definition) is 3. The molecule has 0 bridgehead atoms. The number of benzene rings is 1. The molecule has 0 aromatic heterocycles. The van der Waals surface area contributed by atoms with Gasteiger partial charge in [-0.3, -0.25) is 9.59 Å². The number of carboxylic acid groups (broad SMARTS) is 2. The Morgan fingerprint density at radius 2 is 1.81 bits per heavy atom. The van der Waals surface area contributed by atoms with E-state index in [1.54, 1.807) is 24.3 Å². The predicted octanol–water partition coefficient (Wildman–Crippen LogP) is 2.84. The topological polar surface area (TPSA) is 121 Å². The second kappa shape index (κ2) is 9.60. The fourth-order valence-corrected chi connectivity index (χ4v) is 2.84. The van der Waals surface area contributed by atoms with Gasteiger partial charge in [0.15, 0.2) is 0 Å². The molecule has 2 rings (SSSR count). The van der Waals surface area contributed by atoms with Crippen molar-refractivity contribution >= 4 is 17.9 Å². The molecule has 142 valence electrons. The lowest BCUT2D eigenvalue weighted by Crippen LogP contribution is -2.48. The molecule has 0 saturated heterocycles. The van der Waals surface area contributed by atoms with Gasteiger partial charge >= 0.3 is 17.9 Å². The Kier molecular flexibility index (Phi) is 7.83. The van der Waals surface area contributed by atoms with E-state index in [2.05, 4.69) is 6.58 Å². The van der Waals surface area contributed by atoms with E-state index in [-0.39, 0.29) is 18.4 Å². The number of carboxylic acids is 2. The first kappa shape index (κ1) is 21.2. The Morgan fingerprint density at radius 1 is 1.19 bits per heavy atom. The molecule has 0 heterocycles. The molecule has 1 aromatic carbocycles. The van der Waals surface area contributed by atoms with Gasteiger partial charge in [-0.25, -0.2) is 4.79 Å². The van der Waals surface area contributed by atoms with Gasteiger partial charge in [-0.1, -0.05) is 37.6 Å². The average molecular weight is 364 g/mol. The number of phenolic OH excluding ortho intramolecular Hbond substituents is 1. The van der Waals surface area contributed by atoms with Gasteiger partial charge in [0.25, 0.3) is 0 Å². The zero-order valence-electron chi connectivity index (χ0n) is 14.7. The Labute approximate surface area is 151 Å². The number of aromatic hydroxyl groups is 1. The zero-order valence-corrected chi connectivity index (χ0v) is 14.7. The first-order valence-electron chi connectivity index (χ1n) is 8.23. The maximum atomic E-state index is 11.5. The molecule has 1 aliphatic rings. The van der Waals surface area contributed by atoms with Crippen LogP contribution in [0.3, 0.4) is 0 Å². The molecule has 0 spiro atoms. The van der Waals surface area contributed by atoms with Crippen LogP contribution in [0.1, 0.15) is 32.6 Å². The monoisotopic (exact) mass is 364 g/mol. The van der Waals surface area contributed by atoms with Crippen LogP contribution in [0.25, 0.3) is 0 Å². The number of esters is 1. The van der Waals surface area contributed by atoms with E-state index in [1.807, 2.05) is 6.07 Å². The Bertz CT molecular complexity index is 653. The summed E-state index contributed by atoms with van der Waals surface area (Å²) in [5, 5.41) is 27.2. The van der Waals surface area contributed by atoms with E-state index in [0.717, 1.165) is 0 Å². The molecule has 1 aliphatic carbocycles. The summed E-state index contributed by atoms with van der Waals surface area (Å²) in [6.07, 6.45) is 1.76. The maximum absolute atomic E-state index is 11.5. The molecule has 7 heteroatoms. The molecule has 0 aliphatic heterocycles. The van der Waals surface area contributed by atoms with Crippen LogP contribution < -0.4 is 0 Å². The maximum Gasteiger partial charge on any atom is 0.333 e. The number of aliphatic carboxylic acids is 2. The lowest BCUT2D eigenvalue weighted by Gasteiger charge is -2.37. The minimum absolute atomic E-state index is 0.156. The quantitative estimate of drug-likeness (QED) is 0.542. The van der Waals surface area contributed by atoms with Gasteiger partial charge in [0.1, 0.15) is 17.8 Å². The minimum atomic E-state index is -1.53. The molecular weight excluding hydrogens is 340 g/mol. The Hall–Kier alpha value is -2.83. The summed E-state index contributed by atoms with van der Waals surface area (Å²) in [4.78, 5) is 34.1. The van der Waals surface area contributed by atoms with Crippen molar-refractivity contribution in [1.29, 1.82) is 0 Å². The molecule has 1 saturated carbocycles. The Balaban J connectivity index is 0.000000401. The van der Waals surface area contributed by atoms with Crippen molar-refractivity contribution < 1.29 is 34.4 Å². The number of phenols is 1. The fraction of sp³-hybridized carbons (Fsp3) is 0.421. The molecule has 3 N–H and O–H groups in total. The van der Waals surface area contributed by atoms with E-state index in [9.17, 15) is 24.6 Å². The standard InChI is InChI=1S/C13H18O6.C6H6O/c1-8(2)11(16)19-7-13(12(17)18)6-4-3-5-9(13)10(14)15;7-6-4-2-1-3-5-6/h9H,1,3-7H2,2H3,(H,14,15)(H,17,18);1-5,7H. The summed E-state index contributed by atoms with van der Waals surface area (Å²) in [7, 11) is 0. The molecule has 26 heavy (non-hydrogen) atoms. The van der Waals surface area contributed by atoms with Crippen LogP contribution in [-0.2, 0) is 19.1 Å². The second-order valence-electron chi connectivity index (χ2n) is 6.29. The highest BCUT2D eigenvalue weighted by Gasteiger charge is 2.52.